The van der Waals surface area contributed by atoms with Crippen LogP contribution in [0, 0.1) is 5.41 Å². The molecule has 0 spiro atoms. The minimum atomic E-state index is -0.942. The summed E-state index contributed by atoms with van der Waals surface area (Å²) in [7, 11) is 0. The fourth-order valence-corrected chi connectivity index (χ4v) is 1.62. The fraction of sp³-hybridized carbons (Fsp3) is 0.800. The van der Waals surface area contributed by atoms with Crippen molar-refractivity contribution in [2.24, 2.45) is 5.41 Å². The van der Waals surface area contributed by atoms with Crippen molar-refractivity contribution >= 4 is 17.7 Å². The number of ether oxygens (including phenoxy) is 3. The predicted molar refractivity (Wildman–Crippen MR) is 80.4 cm³/mol. The summed E-state index contributed by atoms with van der Waals surface area (Å²) >= 11 is 0. The van der Waals surface area contributed by atoms with E-state index in [1.807, 2.05) is 6.92 Å². The van der Waals surface area contributed by atoms with E-state index >= 15 is 0 Å². The molecule has 2 N–H and O–H groups in total. The first-order chi connectivity index (χ1) is 10.7. The number of ketones is 1. The molecule has 0 unspecified atom stereocenters. The summed E-state index contributed by atoms with van der Waals surface area (Å²) in [6.07, 6.45) is 0.123. The first-order valence-corrected chi connectivity index (χ1v) is 7.41. The van der Waals surface area contributed by atoms with E-state index in [2.05, 4.69) is 0 Å². The Labute approximate surface area is 135 Å². The Bertz CT molecular complexity index is 325. The van der Waals surface area contributed by atoms with Gasteiger partial charge in [0.05, 0.1) is 52.5 Å². The van der Waals surface area contributed by atoms with Crippen LogP contribution in [0.25, 0.3) is 0 Å². The summed E-state index contributed by atoms with van der Waals surface area (Å²) in [5.41, 5.74) is -0.548. The van der Waals surface area contributed by atoms with Crippen LogP contribution in [-0.4, -0.2) is 67.6 Å². The number of hydrogen-bond acceptors (Lipinski definition) is 6. The van der Waals surface area contributed by atoms with Gasteiger partial charge in [-0.1, -0.05) is 6.92 Å². The molecule has 0 atom stereocenters. The van der Waals surface area contributed by atoms with E-state index in [0.717, 1.165) is 0 Å². The Morgan fingerprint density at radius 2 is 1.13 bits per heavy atom. The van der Waals surface area contributed by atoms with Crippen LogP contribution >= 0.6 is 0 Å². The molecule has 0 aromatic rings. The van der Waals surface area contributed by atoms with E-state index in [0.29, 0.717) is 6.42 Å². The van der Waals surface area contributed by atoms with Crippen LogP contribution in [0.3, 0.4) is 0 Å². The second-order valence-corrected chi connectivity index (χ2v) is 5.71. The number of carboxylic acids is 2. The molecule has 0 bridgehead atoms. The number of aliphatic carboxylic acids is 2. The number of rotatable bonds is 15. The van der Waals surface area contributed by atoms with E-state index in [-0.39, 0.29) is 58.3 Å². The highest BCUT2D eigenvalue weighted by Gasteiger charge is 2.26. The van der Waals surface area contributed by atoms with Crippen molar-refractivity contribution in [2.45, 2.75) is 33.1 Å². The molecule has 0 rings (SSSR count). The van der Waals surface area contributed by atoms with Crippen molar-refractivity contribution in [2.75, 3.05) is 39.6 Å². The number of hydrogen-bond donors (Lipinski definition) is 2. The van der Waals surface area contributed by atoms with Crippen molar-refractivity contribution in [1.29, 1.82) is 0 Å². The normalized spacial score (nSPS) is 11.4. The maximum atomic E-state index is 10.9. The van der Waals surface area contributed by atoms with Crippen LogP contribution in [0.15, 0.2) is 0 Å². The summed E-state index contributed by atoms with van der Waals surface area (Å²) in [6.45, 7) is 4.45. The lowest BCUT2D eigenvalue weighted by atomic mass is 9.94. The molecule has 0 amide bonds. The van der Waals surface area contributed by atoms with Crippen LogP contribution < -0.4 is 0 Å². The molecule has 0 aromatic carbocycles. The van der Waals surface area contributed by atoms with Crippen molar-refractivity contribution in [3.63, 3.8) is 0 Å². The van der Waals surface area contributed by atoms with Gasteiger partial charge in [-0.05, 0) is 6.92 Å². The predicted octanol–water partition coefficient (Wildman–Crippen LogP) is 0.971. The van der Waals surface area contributed by atoms with Crippen LogP contribution in [0.2, 0.25) is 0 Å². The third-order valence-corrected chi connectivity index (χ3v) is 2.87. The van der Waals surface area contributed by atoms with Gasteiger partial charge in [0, 0.05) is 11.8 Å². The molecule has 0 saturated carbocycles. The smallest absolute Gasteiger partial charge is 0.305 e. The summed E-state index contributed by atoms with van der Waals surface area (Å²) in [4.78, 5) is 31.8. The van der Waals surface area contributed by atoms with Crippen molar-refractivity contribution < 1.29 is 38.8 Å². The second kappa shape index (κ2) is 12.0. The lowest BCUT2D eigenvalue weighted by Gasteiger charge is -2.29. The van der Waals surface area contributed by atoms with Gasteiger partial charge in [0.15, 0.2) is 0 Å². The number of carbonyl (C=O) groups is 3. The Morgan fingerprint density at radius 1 is 0.783 bits per heavy atom. The molecular formula is C15H26O8. The largest absolute Gasteiger partial charge is 0.481 e. The SMILES string of the molecule is CC(=O)CCOCC(C)(COCCC(=O)O)COCCC(=O)O. The zero-order valence-electron chi connectivity index (χ0n) is 13.7. The molecule has 0 fully saturated rings. The molecule has 0 aromatic heterocycles. The van der Waals surface area contributed by atoms with Gasteiger partial charge in [0.2, 0.25) is 0 Å². The monoisotopic (exact) mass is 334 g/mol. The van der Waals surface area contributed by atoms with Gasteiger partial charge in [-0.25, -0.2) is 0 Å². The summed E-state index contributed by atoms with van der Waals surface area (Å²) < 4.78 is 16.1. The van der Waals surface area contributed by atoms with Gasteiger partial charge in [0.1, 0.15) is 5.78 Å². The third kappa shape index (κ3) is 13.8. The van der Waals surface area contributed by atoms with Gasteiger partial charge in [-0.2, -0.15) is 0 Å². The van der Waals surface area contributed by atoms with E-state index in [1.54, 1.807) is 0 Å². The first kappa shape index (κ1) is 21.5. The van der Waals surface area contributed by atoms with Gasteiger partial charge < -0.3 is 24.4 Å². The van der Waals surface area contributed by atoms with Crippen molar-refractivity contribution in [3.05, 3.63) is 0 Å². The zero-order chi connectivity index (χ0) is 17.7. The Balaban J connectivity index is 4.23. The lowest BCUT2D eigenvalue weighted by Crippen LogP contribution is -2.35. The van der Waals surface area contributed by atoms with Crippen LogP contribution in [-0.2, 0) is 28.6 Å². The van der Waals surface area contributed by atoms with Gasteiger partial charge in [0.25, 0.3) is 0 Å². The second-order valence-electron chi connectivity index (χ2n) is 5.71. The molecule has 134 valence electrons. The molecule has 0 heterocycles. The Morgan fingerprint density at radius 3 is 1.43 bits per heavy atom. The fourth-order valence-electron chi connectivity index (χ4n) is 1.62. The van der Waals surface area contributed by atoms with Crippen molar-refractivity contribution in [3.8, 4) is 0 Å². The Kier molecular flexibility index (Phi) is 11.2. The molecule has 0 saturated heterocycles. The summed E-state index contributed by atoms with van der Waals surface area (Å²) in [5.74, 6) is -1.86. The standard InChI is InChI=1S/C15H26O8/c1-12(16)3-6-21-9-15(2,10-22-7-4-13(17)18)11-23-8-5-14(19)20/h3-11H2,1-2H3,(H,17,18)(H,19,20). The quantitative estimate of drug-likeness (QED) is 0.425. The molecule has 23 heavy (non-hydrogen) atoms. The van der Waals surface area contributed by atoms with Crippen molar-refractivity contribution in [1.82, 2.24) is 0 Å². The van der Waals surface area contributed by atoms with Gasteiger partial charge in [-0.3, -0.25) is 14.4 Å². The molecule has 8 nitrogen and oxygen atoms in total. The molecule has 0 aliphatic rings. The molecule has 0 aliphatic heterocycles. The minimum Gasteiger partial charge on any atom is -0.481 e. The first-order valence-electron chi connectivity index (χ1n) is 7.41. The average Bonchev–Trinajstić information content (AvgIpc) is 2.44. The van der Waals surface area contributed by atoms with E-state index in [4.69, 9.17) is 24.4 Å². The van der Waals surface area contributed by atoms with Crippen LogP contribution in [0.5, 0.6) is 0 Å². The minimum absolute atomic E-state index is 0.0297. The maximum Gasteiger partial charge on any atom is 0.305 e. The number of carboxylic acid groups (broad SMARTS) is 2. The summed E-state index contributed by atoms with van der Waals surface area (Å²) in [5, 5.41) is 17.2. The highest BCUT2D eigenvalue weighted by Crippen LogP contribution is 2.19. The summed E-state index contributed by atoms with van der Waals surface area (Å²) in [6, 6.07) is 0. The molecule has 0 aliphatic carbocycles. The van der Waals surface area contributed by atoms with Gasteiger partial charge >= 0.3 is 11.9 Å². The maximum absolute atomic E-state index is 10.9. The average molecular weight is 334 g/mol. The van der Waals surface area contributed by atoms with Crippen LogP contribution in [0.4, 0.5) is 0 Å². The lowest BCUT2D eigenvalue weighted by molar-refractivity contribution is -0.139. The van der Waals surface area contributed by atoms with E-state index < -0.39 is 17.4 Å². The number of carbonyl (C=O) groups excluding carboxylic acids is 1. The Hall–Kier alpha value is -1.51. The van der Waals surface area contributed by atoms with Crippen LogP contribution in [0.1, 0.15) is 33.1 Å². The number of Topliss-reactive ketones (excluding diaryl/α,β-unsaturated/α-hetero) is 1. The third-order valence-electron chi connectivity index (χ3n) is 2.87. The van der Waals surface area contributed by atoms with Gasteiger partial charge in [-0.15, -0.1) is 0 Å². The highest BCUT2D eigenvalue weighted by atomic mass is 16.5. The molecule has 0 radical (unpaired) electrons. The molecular weight excluding hydrogens is 308 g/mol. The van der Waals surface area contributed by atoms with E-state index in [1.165, 1.54) is 6.92 Å². The molecule has 8 heteroatoms. The van der Waals surface area contributed by atoms with E-state index in [9.17, 15) is 14.4 Å². The zero-order valence-corrected chi connectivity index (χ0v) is 13.7. The topological polar surface area (TPSA) is 119 Å². The highest BCUT2D eigenvalue weighted by molar-refractivity contribution is 5.75.